The van der Waals surface area contributed by atoms with Crippen molar-refractivity contribution >= 4 is 28.6 Å². The average molecular weight is 441 g/mol. The Morgan fingerprint density at radius 3 is 2.33 bits per heavy atom. The van der Waals surface area contributed by atoms with Crippen LogP contribution in [0.25, 0.3) is 22.4 Å². The zero-order valence-corrected chi connectivity index (χ0v) is 16.3. The molecular formula is C21H17ClF4N2O2. The van der Waals surface area contributed by atoms with Crippen molar-refractivity contribution in [1.82, 2.24) is 9.55 Å². The first-order valence-corrected chi connectivity index (χ1v) is 9.77. The van der Waals surface area contributed by atoms with E-state index >= 15 is 0 Å². The number of carbonyl (C=O) groups is 1. The van der Waals surface area contributed by atoms with Crippen molar-refractivity contribution in [2.24, 2.45) is 5.92 Å². The summed E-state index contributed by atoms with van der Waals surface area (Å²) >= 11 is 5.93. The van der Waals surface area contributed by atoms with E-state index in [-0.39, 0.29) is 29.7 Å². The lowest BCUT2D eigenvalue weighted by atomic mass is 9.81. The van der Waals surface area contributed by atoms with E-state index in [0.717, 1.165) is 12.1 Å². The fourth-order valence-electron chi connectivity index (χ4n) is 4.08. The van der Waals surface area contributed by atoms with Crippen LogP contribution in [0.3, 0.4) is 0 Å². The molecule has 4 rings (SSSR count). The van der Waals surface area contributed by atoms with E-state index in [2.05, 4.69) is 4.98 Å². The molecule has 4 nitrogen and oxygen atoms in total. The normalized spacial score (nSPS) is 17.9. The maximum absolute atomic E-state index is 14.0. The highest BCUT2D eigenvalue weighted by molar-refractivity contribution is 6.30. The Hall–Kier alpha value is -2.61. The Labute approximate surface area is 174 Å². The van der Waals surface area contributed by atoms with E-state index in [1.54, 1.807) is 24.3 Å². The molecule has 1 atom stereocenters. The van der Waals surface area contributed by atoms with Crippen LogP contribution in [0.5, 0.6) is 0 Å². The highest BCUT2D eigenvalue weighted by Crippen LogP contribution is 2.43. The molecule has 0 spiro atoms. The summed E-state index contributed by atoms with van der Waals surface area (Å²) in [5.74, 6) is -6.77. The Kier molecular flexibility index (Phi) is 5.22. The number of carboxylic acid groups (broad SMARTS) is 1. The van der Waals surface area contributed by atoms with Gasteiger partial charge in [0.25, 0.3) is 0 Å². The topological polar surface area (TPSA) is 55.1 Å². The number of fused-ring (bicyclic) bond motifs is 1. The SMILES string of the molecule is O=C(O)C(C1CCC(F)(F)CC1)n1c(-c2ccc(Cl)cc2)nc2cc(F)c(F)cc21. The van der Waals surface area contributed by atoms with Crippen molar-refractivity contribution in [3.05, 3.63) is 53.1 Å². The highest BCUT2D eigenvalue weighted by atomic mass is 35.5. The van der Waals surface area contributed by atoms with Crippen molar-refractivity contribution in [3.63, 3.8) is 0 Å². The van der Waals surface area contributed by atoms with Gasteiger partial charge in [-0.15, -0.1) is 0 Å². The zero-order valence-electron chi connectivity index (χ0n) is 15.6. The number of hydrogen-bond acceptors (Lipinski definition) is 2. The summed E-state index contributed by atoms with van der Waals surface area (Å²) in [6, 6.07) is 6.92. The maximum Gasteiger partial charge on any atom is 0.327 e. The quantitative estimate of drug-likeness (QED) is 0.500. The van der Waals surface area contributed by atoms with Gasteiger partial charge in [-0.3, -0.25) is 0 Å². The predicted molar refractivity (Wildman–Crippen MR) is 104 cm³/mol. The molecule has 158 valence electrons. The van der Waals surface area contributed by atoms with Crippen LogP contribution in [-0.4, -0.2) is 26.5 Å². The minimum absolute atomic E-state index is 0.00657. The number of nitrogens with zero attached hydrogens (tertiary/aromatic N) is 2. The summed E-state index contributed by atoms with van der Waals surface area (Å²) in [6.45, 7) is 0. The molecule has 0 saturated heterocycles. The minimum atomic E-state index is -2.83. The monoisotopic (exact) mass is 440 g/mol. The summed E-state index contributed by atoms with van der Waals surface area (Å²) in [6.07, 6.45) is -0.860. The lowest BCUT2D eigenvalue weighted by molar-refractivity contribution is -0.144. The van der Waals surface area contributed by atoms with Gasteiger partial charge >= 0.3 is 5.97 Å². The third kappa shape index (κ3) is 3.76. The van der Waals surface area contributed by atoms with Gasteiger partial charge in [0.15, 0.2) is 11.6 Å². The molecular weight excluding hydrogens is 424 g/mol. The van der Waals surface area contributed by atoms with Crippen molar-refractivity contribution in [2.45, 2.75) is 37.6 Å². The van der Waals surface area contributed by atoms with E-state index in [0.29, 0.717) is 10.6 Å². The molecule has 0 radical (unpaired) electrons. The van der Waals surface area contributed by atoms with Gasteiger partial charge in [-0.2, -0.15) is 0 Å². The van der Waals surface area contributed by atoms with Crippen LogP contribution in [0.4, 0.5) is 17.6 Å². The predicted octanol–water partition coefficient (Wildman–Crippen LogP) is 6.09. The van der Waals surface area contributed by atoms with Crippen molar-refractivity contribution in [1.29, 1.82) is 0 Å². The molecule has 9 heteroatoms. The van der Waals surface area contributed by atoms with Gasteiger partial charge in [0.2, 0.25) is 5.92 Å². The molecule has 2 aromatic carbocycles. The van der Waals surface area contributed by atoms with Crippen molar-refractivity contribution < 1.29 is 27.5 Å². The summed E-state index contributed by atoms with van der Waals surface area (Å²) in [5.41, 5.74) is 0.652. The largest absolute Gasteiger partial charge is 0.480 e. The van der Waals surface area contributed by atoms with Crippen LogP contribution in [0.2, 0.25) is 5.02 Å². The molecule has 1 aliphatic rings. The number of imidazole rings is 1. The Morgan fingerprint density at radius 2 is 1.73 bits per heavy atom. The van der Waals surface area contributed by atoms with Crippen LogP contribution in [0, 0.1) is 17.6 Å². The van der Waals surface area contributed by atoms with E-state index in [1.165, 1.54) is 4.57 Å². The average Bonchev–Trinajstić information content (AvgIpc) is 3.02. The number of aliphatic carboxylic acids is 1. The fraction of sp³-hybridized carbons (Fsp3) is 0.333. The van der Waals surface area contributed by atoms with E-state index in [4.69, 9.17) is 11.6 Å². The first-order valence-electron chi connectivity index (χ1n) is 9.40. The third-order valence-corrected chi connectivity index (χ3v) is 5.83. The number of aromatic nitrogens is 2. The van der Waals surface area contributed by atoms with E-state index in [1.807, 2.05) is 0 Å². The Morgan fingerprint density at radius 1 is 1.13 bits per heavy atom. The standard InChI is InChI=1S/C21H17ClF4N2O2/c22-13-3-1-12(2-4-13)19-27-16-9-14(23)15(24)10-17(16)28(19)18(20(29)30)11-5-7-21(25,26)8-6-11/h1-4,9-11,18H,5-8H2,(H,29,30). The van der Waals surface area contributed by atoms with Crippen molar-refractivity contribution in [2.75, 3.05) is 0 Å². The molecule has 1 fully saturated rings. The second-order valence-corrected chi connectivity index (χ2v) is 7.98. The molecule has 1 aliphatic carbocycles. The van der Waals surface area contributed by atoms with Crippen molar-refractivity contribution in [3.8, 4) is 11.4 Å². The van der Waals surface area contributed by atoms with Crippen LogP contribution in [0.1, 0.15) is 31.7 Å². The molecule has 30 heavy (non-hydrogen) atoms. The first kappa shape index (κ1) is 20.7. The van der Waals surface area contributed by atoms with E-state index < -0.39 is 48.3 Å². The summed E-state index contributed by atoms with van der Waals surface area (Å²) in [4.78, 5) is 16.6. The second kappa shape index (κ2) is 7.58. The van der Waals surface area contributed by atoms with Gasteiger partial charge < -0.3 is 9.67 Å². The number of rotatable bonds is 4. The van der Waals surface area contributed by atoms with E-state index in [9.17, 15) is 27.5 Å². The van der Waals surface area contributed by atoms with Gasteiger partial charge in [-0.1, -0.05) is 11.6 Å². The zero-order chi connectivity index (χ0) is 21.6. The lowest BCUT2D eigenvalue weighted by Crippen LogP contribution is -2.34. The molecule has 1 unspecified atom stereocenters. The van der Waals surface area contributed by atoms with Crippen LogP contribution < -0.4 is 0 Å². The molecule has 1 aromatic heterocycles. The summed E-state index contributed by atoms with van der Waals surface area (Å²) in [5, 5.41) is 10.4. The number of carboxylic acids is 1. The Balaban J connectivity index is 1.91. The molecule has 0 aliphatic heterocycles. The van der Waals surface area contributed by atoms with Gasteiger partial charge in [0, 0.05) is 35.6 Å². The molecule has 1 N–H and O–H groups in total. The lowest BCUT2D eigenvalue weighted by Gasteiger charge is -2.33. The smallest absolute Gasteiger partial charge is 0.327 e. The van der Waals surface area contributed by atoms with Gasteiger partial charge in [0.1, 0.15) is 11.9 Å². The summed E-state index contributed by atoms with van der Waals surface area (Å²) < 4.78 is 56.4. The van der Waals surface area contributed by atoms with Crippen LogP contribution >= 0.6 is 11.6 Å². The molecule has 1 heterocycles. The molecule has 0 amide bonds. The Bertz CT molecular complexity index is 1100. The highest BCUT2D eigenvalue weighted by Gasteiger charge is 2.41. The van der Waals surface area contributed by atoms with Gasteiger partial charge in [0.05, 0.1) is 11.0 Å². The number of halogens is 5. The van der Waals surface area contributed by atoms with Gasteiger partial charge in [-0.05, 0) is 43.0 Å². The van der Waals surface area contributed by atoms with Crippen LogP contribution in [0.15, 0.2) is 36.4 Å². The number of hydrogen-bond donors (Lipinski definition) is 1. The summed E-state index contributed by atoms with van der Waals surface area (Å²) in [7, 11) is 0. The second-order valence-electron chi connectivity index (χ2n) is 7.54. The molecule has 3 aromatic rings. The molecule has 1 saturated carbocycles. The minimum Gasteiger partial charge on any atom is -0.480 e. The van der Waals surface area contributed by atoms with Crippen LogP contribution in [-0.2, 0) is 4.79 Å². The van der Waals surface area contributed by atoms with Gasteiger partial charge in [-0.25, -0.2) is 27.3 Å². The number of alkyl halides is 2. The number of benzene rings is 2. The fourth-order valence-corrected chi connectivity index (χ4v) is 4.20. The molecule has 0 bridgehead atoms. The first-order chi connectivity index (χ1) is 14.2. The third-order valence-electron chi connectivity index (χ3n) is 5.57. The maximum atomic E-state index is 14.0.